The monoisotopic (exact) mass is 442 g/mol. The Kier molecular flexibility index (Phi) is 5.80. The number of carbonyl (C=O) groups is 1. The van der Waals surface area contributed by atoms with Gasteiger partial charge < -0.3 is 10.1 Å². The van der Waals surface area contributed by atoms with Crippen molar-refractivity contribution in [3.05, 3.63) is 48.3 Å². The van der Waals surface area contributed by atoms with Gasteiger partial charge in [-0.25, -0.2) is 21.2 Å². The number of hydrogen-bond acceptors (Lipinski definition) is 6. The van der Waals surface area contributed by atoms with Crippen molar-refractivity contribution < 1.29 is 30.8 Å². The van der Waals surface area contributed by atoms with Crippen molar-refractivity contribution in [2.24, 2.45) is 5.92 Å². The van der Waals surface area contributed by atoms with Crippen LogP contribution in [0.2, 0.25) is 0 Å². The molecule has 2 aromatic rings. The van der Waals surface area contributed by atoms with Crippen molar-refractivity contribution in [2.45, 2.75) is 11.3 Å². The number of sulfone groups is 1. The molecule has 0 aliphatic carbocycles. The second-order valence-electron chi connectivity index (χ2n) is 6.56. The van der Waals surface area contributed by atoms with Gasteiger partial charge in [0.2, 0.25) is 5.91 Å². The van der Waals surface area contributed by atoms with E-state index >= 15 is 0 Å². The van der Waals surface area contributed by atoms with E-state index in [4.69, 9.17) is 4.74 Å². The molecule has 0 radical (unpaired) electrons. The fraction of sp³-hybridized carbons (Fsp3) is 0.278. The van der Waals surface area contributed by atoms with Gasteiger partial charge in [-0.2, -0.15) is 0 Å². The Morgan fingerprint density at radius 3 is 2.45 bits per heavy atom. The van der Waals surface area contributed by atoms with E-state index in [2.05, 4.69) is 10.0 Å². The number of rotatable bonds is 6. The van der Waals surface area contributed by atoms with Gasteiger partial charge in [0.15, 0.2) is 9.84 Å². The average Bonchev–Trinajstić information content (AvgIpc) is 3.02. The molecule has 1 amide bonds. The molecular weight excluding hydrogens is 423 g/mol. The van der Waals surface area contributed by atoms with E-state index in [9.17, 15) is 26.0 Å². The van der Waals surface area contributed by atoms with Crippen LogP contribution in [0.4, 0.5) is 15.8 Å². The first-order valence-electron chi connectivity index (χ1n) is 8.57. The number of amides is 1. The van der Waals surface area contributed by atoms with Crippen molar-refractivity contribution in [1.29, 1.82) is 0 Å². The number of benzene rings is 2. The number of ether oxygens (including phenoxy) is 1. The van der Waals surface area contributed by atoms with Crippen molar-refractivity contribution in [3.8, 4) is 5.75 Å². The lowest BCUT2D eigenvalue weighted by molar-refractivity contribution is -0.119. The first-order valence-corrected chi connectivity index (χ1v) is 11.9. The summed E-state index contributed by atoms with van der Waals surface area (Å²) >= 11 is 0. The van der Waals surface area contributed by atoms with E-state index in [-0.39, 0.29) is 39.9 Å². The lowest BCUT2D eigenvalue weighted by Gasteiger charge is -2.15. The van der Waals surface area contributed by atoms with E-state index in [0.29, 0.717) is 0 Å². The average molecular weight is 442 g/mol. The summed E-state index contributed by atoms with van der Waals surface area (Å²) < 4.78 is 68.8. The van der Waals surface area contributed by atoms with Gasteiger partial charge in [-0.3, -0.25) is 9.52 Å². The highest BCUT2D eigenvalue weighted by Crippen LogP contribution is 2.31. The Morgan fingerprint density at radius 2 is 1.86 bits per heavy atom. The summed E-state index contributed by atoms with van der Waals surface area (Å²) in [7, 11) is -5.88. The van der Waals surface area contributed by atoms with E-state index in [1.807, 2.05) is 0 Å². The van der Waals surface area contributed by atoms with Crippen molar-refractivity contribution >= 4 is 37.1 Å². The van der Waals surface area contributed by atoms with Crippen LogP contribution >= 0.6 is 0 Å². The Morgan fingerprint density at radius 1 is 1.17 bits per heavy atom. The molecule has 1 fully saturated rings. The third-order valence-electron chi connectivity index (χ3n) is 4.44. The van der Waals surface area contributed by atoms with Gasteiger partial charge in [-0.05, 0) is 48.9 Å². The molecule has 1 aliphatic rings. The molecule has 29 heavy (non-hydrogen) atoms. The highest BCUT2D eigenvalue weighted by atomic mass is 32.2. The van der Waals surface area contributed by atoms with Crippen LogP contribution in [0.25, 0.3) is 0 Å². The number of anilines is 2. The Bertz CT molecular complexity index is 1130. The molecule has 2 N–H and O–H groups in total. The first-order chi connectivity index (χ1) is 13.6. The molecule has 1 heterocycles. The number of hydrogen-bond donors (Lipinski definition) is 2. The normalized spacial score (nSPS) is 18.2. The number of sulfonamides is 1. The van der Waals surface area contributed by atoms with Crippen LogP contribution < -0.4 is 14.8 Å². The lowest BCUT2D eigenvalue weighted by Crippen LogP contribution is -2.23. The summed E-state index contributed by atoms with van der Waals surface area (Å²) in [5.41, 5.74) is 0.338. The fourth-order valence-corrected chi connectivity index (χ4v) is 5.73. The minimum atomic E-state index is -4.03. The second-order valence-corrected chi connectivity index (χ2v) is 10.5. The zero-order valence-electron chi connectivity index (χ0n) is 15.4. The lowest BCUT2D eigenvalue weighted by atomic mass is 10.1. The topological polar surface area (TPSA) is 119 Å². The van der Waals surface area contributed by atoms with Crippen LogP contribution in [-0.2, 0) is 24.7 Å². The number of nitrogens with one attached hydrogen (secondary N) is 2. The predicted octanol–water partition coefficient (Wildman–Crippen LogP) is 2.01. The van der Waals surface area contributed by atoms with Gasteiger partial charge in [-0.15, -0.1) is 0 Å². The van der Waals surface area contributed by atoms with Crippen LogP contribution in [0.5, 0.6) is 5.75 Å². The van der Waals surface area contributed by atoms with E-state index < -0.39 is 37.5 Å². The number of methoxy groups -OCH3 is 1. The molecule has 1 saturated heterocycles. The molecule has 0 bridgehead atoms. The standard InChI is InChI=1S/C18H19FN2O6S2/c1-27-17-7-4-14(20-18(22)12-8-9-28(23,24)11-12)10-16(17)21-29(25,26)15-5-2-13(19)3-6-15/h2-7,10,12,21H,8-9,11H2,1H3,(H,20,22)/t12-/m0/s1. The highest BCUT2D eigenvalue weighted by molar-refractivity contribution is 7.92. The summed E-state index contributed by atoms with van der Waals surface area (Å²) in [5, 5.41) is 2.60. The minimum Gasteiger partial charge on any atom is -0.495 e. The first kappa shape index (κ1) is 21.1. The molecule has 156 valence electrons. The molecule has 0 unspecified atom stereocenters. The molecule has 1 aliphatic heterocycles. The Balaban J connectivity index is 1.82. The molecule has 3 rings (SSSR count). The molecule has 0 saturated carbocycles. The summed E-state index contributed by atoms with van der Waals surface area (Å²) in [6.07, 6.45) is 0.244. The Hall–Kier alpha value is -2.66. The molecule has 1 atom stereocenters. The number of carbonyl (C=O) groups excluding carboxylic acids is 1. The molecule has 8 nitrogen and oxygen atoms in total. The molecule has 0 aromatic heterocycles. The highest BCUT2D eigenvalue weighted by Gasteiger charge is 2.33. The molecular formula is C18H19FN2O6S2. The quantitative estimate of drug-likeness (QED) is 0.706. The predicted molar refractivity (Wildman–Crippen MR) is 106 cm³/mol. The summed E-state index contributed by atoms with van der Waals surface area (Å²) in [5.74, 6) is -1.71. The molecule has 2 aromatic carbocycles. The van der Waals surface area contributed by atoms with Crippen LogP contribution in [0.1, 0.15) is 6.42 Å². The van der Waals surface area contributed by atoms with Crippen LogP contribution in [0.15, 0.2) is 47.4 Å². The Labute approximate surface area is 168 Å². The smallest absolute Gasteiger partial charge is 0.262 e. The van der Waals surface area contributed by atoms with Crippen LogP contribution in [0.3, 0.4) is 0 Å². The maximum Gasteiger partial charge on any atom is 0.262 e. The van der Waals surface area contributed by atoms with Crippen LogP contribution in [-0.4, -0.2) is 41.4 Å². The van der Waals surface area contributed by atoms with E-state index in [1.54, 1.807) is 0 Å². The summed E-state index contributed by atoms with van der Waals surface area (Å²) in [6, 6.07) is 8.63. The summed E-state index contributed by atoms with van der Waals surface area (Å²) in [6.45, 7) is 0. The molecule has 11 heteroatoms. The second kappa shape index (κ2) is 7.99. The maximum atomic E-state index is 13.1. The third kappa shape index (κ3) is 5.04. The van der Waals surface area contributed by atoms with Gasteiger partial charge in [0.25, 0.3) is 10.0 Å². The maximum absolute atomic E-state index is 13.1. The van der Waals surface area contributed by atoms with E-state index in [0.717, 1.165) is 24.3 Å². The van der Waals surface area contributed by atoms with E-state index in [1.165, 1.54) is 25.3 Å². The van der Waals surface area contributed by atoms with Gasteiger partial charge in [0.1, 0.15) is 11.6 Å². The summed E-state index contributed by atoms with van der Waals surface area (Å²) in [4.78, 5) is 12.2. The molecule has 0 spiro atoms. The van der Waals surface area contributed by atoms with Crippen molar-refractivity contribution in [3.63, 3.8) is 0 Å². The zero-order chi connectivity index (χ0) is 21.2. The van der Waals surface area contributed by atoms with Crippen molar-refractivity contribution in [2.75, 3.05) is 28.7 Å². The fourth-order valence-electron chi connectivity index (χ4n) is 2.93. The van der Waals surface area contributed by atoms with Gasteiger partial charge in [0.05, 0.1) is 35.1 Å². The van der Waals surface area contributed by atoms with Gasteiger partial charge in [-0.1, -0.05) is 0 Å². The SMILES string of the molecule is COc1ccc(NC(=O)[C@H]2CCS(=O)(=O)C2)cc1NS(=O)(=O)c1ccc(F)cc1. The number of halogens is 1. The van der Waals surface area contributed by atoms with Crippen LogP contribution in [0, 0.1) is 11.7 Å². The van der Waals surface area contributed by atoms with Gasteiger partial charge >= 0.3 is 0 Å². The minimum absolute atomic E-state index is 0.0313. The van der Waals surface area contributed by atoms with Gasteiger partial charge in [0, 0.05) is 5.69 Å². The third-order valence-corrected chi connectivity index (χ3v) is 7.59. The van der Waals surface area contributed by atoms with Crippen molar-refractivity contribution in [1.82, 2.24) is 0 Å². The zero-order valence-corrected chi connectivity index (χ0v) is 17.0. The largest absolute Gasteiger partial charge is 0.495 e.